The van der Waals surface area contributed by atoms with Crippen LogP contribution in [0.3, 0.4) is 0 Å². The third-order valence-electron chi connectivity index (χ3n) is 6.36. The van der Waals surface area contributed by atoms with Crippen LogP contribution >= 0.6 is 0 Å². The molecule has 2 heterocycles. The fraction of sp³-hybridized carbons (Fsp3) is 0.276. The molecule has 36 heavy (non-hydrogen) atoms. The first-order chi connectivity index (χ1) is 17.6. The van der Waals surface area contributed by atoms with E-state index in [1.165, 1.54) is 0 Å². The molecule has 0 fully saturated rings. The first-order valence-corrected chi connectivity index (χ1v) is 12.3. The Labute approximate surface area is 210 Å². The van der Waals surface area contributed by atoms with Crippen molar-refractivity contribution in [1.29, 1.82) is 0 Å². The number of aromatic nitrogens is 2. The molecule has 0 aliphatic carbocycles. The van der Waals surface area contributed by atoms with E-state index in [0.29, 0.717) is 19.1 Å². The number of rotatable bonds is 8. The largest absolute Gasteiger partial charge is 0.494 e. The Kier molecular flexibility index (Phi) is 6.71. The number of fused-ring (bicyclic) bond motifs is 3. The number of benzene rings is 3. The molecule has 0 bridgehead atoms. The Hall–Kier alpha value is -4.13. The van der Waals surface area contributed by atoms with E-state index in [4.69, 9.17) is 14.5 Å². The molecule has 5 rings (SSSR count). The zero-order valence-corrected chi connectivity index (χ0v) is 20.5. The van der Waals surface area contributed by atoms with Crippen molar-refractivity contribution in [2.45, 2.75) is 32.9 Å². The van der Waals surface area contributed by atoms with Crippen molar-refractivity contribution in [3.8, 4) is 5.75 Å². The average molecular weight is 484 g/mol. The molecule has 0 radical (unpaired) electrons. The molecule has 1 aliphatic rings. The topological polar surface area (TPSA) is 73.7 Å². The standard InChI is InChI=1S/C29H29N3O4/c1-3-18-36-22-16-14-21(15-17-22)26-25(28(34)35-4-2)27(33)31(19-20-10-6-5-7-11-20)29-30-23-12-8-9-13-24(23)32(26)29/h5-17,25-26H,3-4,18-19H2,1-2H3/t25-,26+/m1/s1. The van der Waals surface area contributed by atoms with Crippen LogP contribution in [-0.2, 0) is 20.9 Å². The Morgan fingerprint density at radius 3 is 2.39 bits per heavy atom. The summed E-state index contributed by atoms with van der Waals surface area (Å²) in [6.07, 6.45) is 0.908. The number of ether oxygens (including phenoxy) is 2. The number of imidazole rings is 1. The van der Waals surface area contributed by atoms with E-state index in [1.807, 2.05) is 83.4 Å². The normalized spacial score (nSPS) is 17.2. The maximum absolute atomic E-state index is 14.0. The summed E-state index contributed by atoms with van der Waals surface area (Å²) in [7, 11) is 0. The minimum atomic E-state index is -1.05. The quantitative estimate of drug-likeness (QED) is 0.256. The van der Waals surface area contributed by atoms with Crippen LogP contribution in [-0.4, -0.2) is 34.6 Å². The molecule has 0 saturated heterocycles. The molecule has 3 aromatic carbocycles. The van der Waals surface area contributed by atoms with Gasteiger partial charge < -0.3 is 14.0 Å². The number of anilines is 1. The molecule has 7 nitrogen and oxygen atoms in total. The highest BCUT2D eigenvalue weighted by Gasteiger charge is 2.47. The predicted molar refractivity (Wildman–Crippen MR) is 138 cm³/mol. The molecule has 0 spiro atoms. The third kappa shape index (κ3) is 4.33. The summed E-state index contributed by atoms with van der Waals surface area (Å²) in [5, 5.41) is 0. The molecule has 0 saturated carbocycles. The van der Waals surface area contributed by atoms with Gasteiger partial charge in [0.25, 0.3) is 0 Å². The van der Waals surface area contributed by atoms with Gasteiger partial charge in [-0.25, -0.2) is 4.98 Å². The second-order valence-corrected chi connectivity index (χ2v) is 8.77. The van der Waals surface area contributed by atoms with Crippen molar-refractivity contribution in [2.24, 2.45) is 5.92 Å². The van der Waals surface area contributed by atoms with Gasteiger partial charge in [-0.1, -0.05) is 61.5 Å². The molecule has 1 aliphatic heterocycles. The van der Waals surface area contributed by atoms with Crippen molar-refractivity contribution in [3.05, 3.63) is 90.0 Å². The van der Waals surface area contributed by atoms with E-state index in [-0.39, 0.29) is 12.5 Å². The van der Waals surface area contributed by atoms with Gasteiger partial charge >= 0.3 is 5.97 Å². The number of para-hydroxylation sites is 2. The Bertz CT molecular complexity index is 1360. The lowest BCUT2D eigenvalue weighted by molar-refractivity contribution is -0.153. The molecule has 1 amide bonds. The van der Waals surface area contributed by atoms with Gasteiger partial charge in [-0.05, 0) is 48.7 Å². The summed E-state index contributed by atoms with van der Waals surface area (Å²) < 4.78 is 13.2. The maximum atomic E-state index is 14.0. The SMILES string of the molecule is CCCOc1ccc([C@H]2[C@@H](C(=O)OCC)C(=O)N(Cc3ccccc3)c3nc4ccccc4n32)cc1. The van der Waals surface area contributed by atoms with Crippen molar-refractivity contribution in [3.63, 3.8) is 0 Å². The Morgan fingerprint density at radius 2 is 1.67 bits per heavy atom. The van der Waals surface area contributed by atoms with E-state index in [1.54, 1.807) is 11.8 Å². The summed E-state index contributed by atoms with van der Waals surface area (Å²) in [6.45, 7) is 4.92. The first kappa shape index (κ1) is 23.6. The number of hydrogen-bond donors (Lipinski definition) is 0. The second kappa shape index (κ2) is 10.2. The van der Waals surface area contributed by atoms with Gasteiger partial charge in [0, 0.05) is 0 Å². The van der Waals surface area contributed by atoms with E-state index in [2.05, 4.69) is 6.92 Å². The maximum Gasteiger partial charge on any atom is 0.321 e. The lowest BCUT2D eigenvalue weighted by Gasteiger charge is -2.38. The monoisotopic (exact) mass is 483 g/mol. The molecule has 2 atom stereocenters. The third-order valence-corrected chi connectivity index (χ3v) is 6.36. The Morgan fingerprint density at radius 1 is 0.944 bits per heavy atom. The predicted octanol–water partition coefficient (Wildman–Crippen LogP) is 5.14. The van der Waals surface area contributed by atoms with Crippen molar-refractivity contribution in [2.75, 3.05) is 18.1 Å². The zero-order chi connectivity index (χ0) is 25.1. The summed E-state index contributed by atoms with van der Waals surface area (Å²) in [4.78, 5) is 33.8. The summed E-state index contributed by atoms with van der Waals surface area (Å²) in [5.74, 6) is -0.656. The summed E-state index contributed by atoms with van der Waals surface area (Å²) in [6, 6.07) is 24.5. The van der Waals surface area contributed by atoms with E-state index in [9.17, 15) is 9.59 Å². The van der Waals surface area contributed by atoms with Crippen LogP contribution in [0.2, 0.25) is 0 Å². The highest BCUT2D eigenvalue weighted by molar-refractivity contribution is 6.08. The smallest absolute Gasteiger partial charge is 0.321 e. The summed E-state index contributed by atoms with van der Waals surface area (Å²) in [5.41, 5.74) is 3.37. The van der Waals surface area contributed by atoms with Crippen molar-refractivity contribution < 1.29 is 19.1 Å². The molecular formula is C29H29N3O4. The van der Waals surface area contributed by atoms with Crippen LogP contribution in [0.4, 0.5) is 5.95 Å². The molecule has 1 aromatic heterocycles. The van der Waals surface area contributed by atoms with Crippen LogP contribution < -0.4 is 9.64 Å². The summed E-state index contributed by atoms with van der Waals surface area (Å²) >= 11 is 0. The lowest BCUT2D eigenvalue weighted by Crippen LogP contribution is -2.49. The molecular weight excluding hydrogens is 454 g/mol. The van der Waals surface area contributed by atoms with Gasteiger partial charge in [0.1, 0.15) is 5.75 Å². The fourth-order valence-corrected chi connectivity index (χ4v) is 4.75. The number of esters is 1. The Balaban J connectivity index is 1.68. The van der Waals surface area contributed by atoms with Gasteiger partial charge in [-0.2, -0.15) is 0 Å². The molecule has 7 heteroatoms. The van der Waals surface area contributed by atoms with Gasteiger partial charge in [0.05, 0.1) is 36.8 Å². The molecule has 0 unspecified atom stereocenters. The average Bonchev–Trinajstić information content (AvgIpc) is 3.29. The number of carbonyl (C=O) groups excluding carboxylic acids is 2. The van der Waals surface area contributed by atoms with Gasteiger partial charge in [0.2, 0.25) is 11.9 Å². The minimum Gasteiger partial charge on any atom is -0.494 e. The van der Waals surface area contributed by atoms with E-state index in [0.717, 1.165) is 34.3 Å². The van der Waals surface area contributed by atoms with Crippen LogP contribution in [0.5, 0.6) is 5.75 Å². The molecule has 184 valence electrons. The lowest BCUT2D eigenvalue weighted by atomic mass is 9.89. The highest BCUT2D eigenvalue weighted by atomic mass is 16.5. The van der Waals surface area contributed by atoms with Gasteiger partial charge in [-0.3, -0.25) is 14.5 Å². The van der Waals surface area contributed by atoms with Gasteiger partial charge in [-0.15, -0.1) is 0 Å². The van der Waals surface area contributed by atoms with E-state index < -0.39 is 17.9 Å². The number of amides is 1. The van der Waals surface area contributed by atoms with Crippen LogP contribution in [0.15, 0.2) is 78.9 Å². The molecule has 4 aromatic rings. The van der Waals surface area contributed by atoms with Crippen molar-refractivity contribution in [1.82, 2.24) is 9.55 Å². The highest BCUT2D eigenvalue weighted by Crippen LogP contribution is 2.42. The molecule has 0 N–H and O–H groups in total. The van der Waals surface area contributed by atoms with Crippen molar-refractivity contribution >= 4 is 28.9 Å². The first-order valence-electron chi connectivity index (χ1n) is 12.3. The van der Waals surface area contributed by atoms with E-state index >= 15 is 0 Å². The fourth-order valence-electron chi connectivity index (χ4n) is 4.75. The van der Waals surface area contributed by atoms with Crippen LogP contribution in [0.25, 0.3) is 11.0 Å². The number of carbonyl (C=O) groups is 2. The zero-order valence-electron chi connectivity index (χ0n) is 20.5. The minimum absolute atomic E-state index is 0.190. The van der Waals surface area contributed by atoms with Crippen LogP contribution in [0, 0.1) is 5.92 Å². The second-order valence-electron chi connectivity index (χ2n) is 8.77. The number of nitrogens with zero attached hydrogens (tertiary/aromatic N) is 3. The number of hydrogen-bond acceptors (Lipinski definition) is 5. The van der Waals surface area contributed by atoms with Crippen LogP contribution in [0.1, 0.15) is 37.4 Å². The van der Waals surface area contributed by atoms with Gasteiger partial charge in [0.15, 0.2) is 5.92 Å².